The fourth-order valence-electron chi connectivity index (χ4n) is 2.41. The number of carbonyl (C=O) groups is 2. The van der Waals surface area contributed by atoms with Gasteiger partial charge >= 0.3 is 11.9 Å². The van der Waals surface area contributed by atoms with Crippen molar-refractivity contribution in [3.05, 3.63) is 34.0 Å². The van der Waals surface area contributed by atoms with Gasteiger partial charge in [-0.25, -0.2) is 0 Å². The number of alkyl halides is 1. The molecule has 0 amide bonds. The first kappa shape index (κ1) is 15.6. The van der Waals surface area contributed by atoms with Crippen molar-refractivity contribution in [2.75, 3.05) is 6.61 Å². The van der Waals surface area contributed by atoms with Gasteiger partial charge in [-0.2, -0.15) is 0 Å². The highest BCUT2D eigenvalue weighted by atomic mass is 127. The Hall–Kier alpha value is -0.830. The second-order valence-corrected chi connectivity index (χ2v) is 7.24. The summed E-state index contributed by atoms with van der Waals surface area (Å²) in [5.74, 6) is -1.88. The van der Waals surface area contributed by atoms with Crippen LogP contribution in [0, 0.1) is 5.92 Å². The van der Waals surface area contributed by atoms with E-state index >= 15 is 0 Å². The predicted molar refractivity (Wildman–Crippen MR) is 83.9 cm³/mol. The summed E-state index contributed by atoms with van der Waals surface area (Å²) in [5.41, 5.74) is 0.847. The monoisotopic (exact) mass is 454 g/mol. The van der Waals surface area contributed by atoms with Crippen LogP contribution in [-0.2, 0) is 14.3 Å². The lowest BCUT2D eigenvalue weighted by molar-refractivity contribution is -0.140. The van der Waals surface area contributed by atoms with E-state index in [0.29, 0.717) is 12.4 Å². The number of fused-ring (bicyclic) bond motifs is 1. The van der Waals surface area contributed by atoms with Gasteiger partial charge in [0.15, 0.2) is 0 Å². The molecule has 1 heterocycles. The first-order valence-corrected chi connectivity index (χ1v) is 7.77. The highest BCUT2D eigenvalue weighted by molar-refractivity contribution is 14.1. The van der Waals surface area contributed by atoms with Gasteiger partial charge in [0, 0.05) is 11.5 Å². The second-order valence-electron chi connectivity index (χ2n) is 4.60. The van der Waals surface area contributed by atoms with E-state index in [1.807, 2.05) is 12.2 Å². The van der Waals surface area contributed by atoms with Crippen molar-refractivity contribution in [1.82, 2.24) is 0 Å². The number of aliphatic carboxylic acids is 2. The van der Waals surface area contributed by atoms with Gasteiger partial charge in [-0.3, -0.25) is 9.59 Å². The van der Waals surface area contributed by atoms with Gasteiger partial charge in [0.1, 0.15) is 12.4 Å². The molecular weight excluding hydrogens is 443 g/mol. The number of carboxylic acid groups (broad SMARTS) is 2. The molecule has 0 spiro atoms. The number of hydrogen-bond donors (Lipinski definition) is 2. The van der Waals surface area contributed by atoms with E-state index < -0.39 is 21.3 Å². The Labute approximate surface area is 137 Å². The van der Waals surface area contributed by atoms with Crippen LogP contribution in [0.4, 0.5) is 0 Å². The van der Waals surface area contributed by atoms with E-state index in [4.69, 9.17) is 14.9 Å². The van der Waals surface area contributed by atoms with Crippen molar-refractivity contribution in [2.45, 2.75) is 16.3 Å². The van der Waals surface area contributed by atoms with Crippen LogP contribution in [0.5, 0.6) is 0 Å². The molecule has 0 aromatic carbocycles. The molecule has 2 rings (SSSR count). The molecule has 0 aromatic rings. The van der Waals surface area contributed by atoms with Gasteiger partial charge in [0.25, 0.3) is 0 Å². The summed E-state index contributed by atoms with van der Waals surface area (Å²) in [5, 5.41) is 18.1. The molecule has 20 heavy (non-hydrogen) atoms. The molecule has 0 saturated heterocycles. The van der Waals surface area contributed by atoms with E-state index in [1.165, 1.54) is 0 Å². The van der Waals surface area contributed by atoms with E-state index in [9.17, 15) is 9.59 Å². The van der Waals surface area contributed by atoms with Crippen LogP contribution in [-0.4, -0.2) is 32.2 Å². The van der Waals surface area contributed by atoms with Crippen LogP contribution in [0.25, 0.3) is 0 Å². The summed E-state index contributed by atoms with van der Waals surface area (Å²) in [6.45, 7) is 0.416. The SMILES string of the molecule is O=C(O)CC(CC(=O)O)C1(I)C=CC(Br)=C2OCC=C21. The van der Waals surface area contributed by atoms with Crippen molar-refractivity contribution >= 4 is 50.5 Å². The average molecular weight is 455 g/mol. The molecule has 0 radical (unpaired) electrons. The Morgan fingerprint density at radius 3 is 2.55 bits per heavy atom. The van der Waals surface area contributed by atoms with Crippen LogP contribution in [0.2, 0.25) is 0 Å². The molecule has 0 saturated carbocycles. The molecule has 0 bridgehead atoms. The Balaban J connectivity index is 2.39. The van der Waals surface area contributed by atoms with E-state index in [2.05, 4.69) is 38.5 Å². The lowest BCUT2D eigenvalue weighted by atomic mass is 9.79. The molecule has 7 heteroatoms. The van der Waals surface area contributed by atoms with Gasteiger partial charge in [-0.15, -0.1) is 0 Å². The van der Waals surface area contributed by atoms with Gasteiger partial charge in [-0.05, 0) is 28.1 Å². The van der Waals surface area contributed by atoms with Crippen LogP contribution in [0.15, 0.2) is 34.0 Å². The zero-order chi connectivity index (χ0) is 14.9. The first-order valence-electron chi connectivity index (χ1n) is 5.90. The number of carboxylic acids is 2. The first-order chi connectivity index (χ1) is 9.34. The van der Waals surface area contributed by atoms with Crippen LogP contribution in [0.1, 0.15) is 12.8 Å². The Morgan fingerprint density at radius 1 is 1.40 bits per heavy atom. The number of hydrogen-bond acceptors (Lipinski definition) is 3. The third-order valence-electron chi connectivity index (χ3n) is 3.30. The van der Waals surface area contributed by atoms with Crippen molar-refractivity contribution in [1.29, 1.82) is 0 Å². The van der Waals surface area contributed by atoms with Gasteiger partial charge in [0.2, 0.25) is 0 Å². The van der Waals surface area contributed by atoms with Crippen molar-refractivity contribution in [3.8, 4) is 0 Å². The summed E-state index contributed by atoms with van der Waals surface area (Å²) in [7, 11) is 0. The van der Waals surface area contributed by atoms with Crippen LogP contribution in [0.3, 0.4) is 0 Å². The summed E-state index contributed by atoms with van der Waals surface area (Å²) in [6, 6.07) is 0. The second kappa shape index (κ2) is 5.88. The molecule has 0 aromatic heterocycles. The minimum absolute atomic E-state index is 0.207. The normalized spacial score (nSPS) is 24.4. The Bertz CT molecular complexity index is 535. The fraction of sp³-hybridized carbons (Fsp3) is 0.385. The van der Waals surface area contributed by atoms with Crippen LogP contribution < -0.4 is 0 Å². The van der Waals surface area contributed by atoms with E-state index in [0.717, 1.165) is 10.1 Å². The zero-order valence-electron chi connectivity index (χ0n) is 10.3. The highest BCUT2D eigenvalue weighted by Crippen LogP contribution is 2.50. The molecule has 2 aliphatic rings. The smallest absolute Gasteiger partial charge is 0.303 e. The number of halogens is 2. The number of ether oxygens (including phenoxy) is 1. The van der Waals surface area contributed by atoms with Gasteiger partial charge in [-0.1, -0.05) is 28.7 Å². The zero-order valence-corrected chi connectivity index (χ0v) is 14.0. The molecular formula is C13H12BrIO5. The molecule has 1 aliphatic heterocycles. The average Bonchev–Trinajstić information content (AvgIpc) is 2.83. The maximum Gasteiger partial charge on any atom is 0.303 e. The summed E-state index contributed by atoms with van der Waals surface area (Å²) in [6.07, 6.45) is 5.10. The third kappa shape index (κ3) is 2.93. The quantitative estimate of drug-likeness (QED) is 0.493. The maximum atomic E-state index is 11.0. The largest absolute Gasteiger partial charge is 0.488 e. The van der Waals surface area contributed by atoms with Crippen molar-refractivity contribution in [2.24, 2.45) is 5.92 Å². The third-order valence-corrected chi connectivity index (χ3v) is 5.74. The summed E-state index contributed by atoms with van der Waals surface area (Å²) >= 11 is 5.52. The molecule has 108 valence electrons. The van der Waals surface area contributed by atoms with E-state index in [1.54, 1.807) is 6.08 Å². The Kier molecular flexibility index (Phi) is 4.58. The standard InChI is InChI=1S/C13H12BrIO5/c14-9-1-3-13(15,8-2-4-20-12(8)9)7(5-10(16)17)6-11(18)19/h1-3,7H,4-6H2,(H,16,17)(H,18,19). The maximum absolute atomic E-state index is 11.0. The molecule has 2 N–H and O–H groups in total. The van der Waals surface area contributed by atoms with Crippen molar-refractivity contribution in [3.63, 3.8) is 0 Å². The van der Waals surface area contributed by atoms with E-state index in [-0.39, 0.29) is 12.8 Å². The fourth-order valence-corrected chi connectivity index (χ4v) is 3.96. The highest BCUT2D eigenvalue weighted by Gasteiger charge is 2.45. The molecule has 1 atom stereocenters. The lowest BCUT2D eigenvalue weighted by Gasteiger charge is -2.35. The minimum Gasteiger partial charge on any atom is -0.488 e. The summed E-state index contributed by atoms with van der Waals surface area (Å²) < 4.78 is 5.62. The van der Waals surface area contributed by atoms with Crippen LogP contribution >= 0.6 is 38.5 Å². The lowest BCUT2D eigenvalue weighted by Crippen LogP contribution is -2.36. The predicted octanol–water partition coefficient (Wildman–Crippen LogP) is 2.86. The molecule has 1 aliphatic carbocycles. The van der Waals surface area contributed by atoms with Gasteiger partial charge < -0.3 is 14.9 Å². The summed E-state index contributed by atoms with van der Waals surface area (Å²) in [4.78, 5) is 22.1. The molecule has 0 fully saturated rings. The molecule has 5 nitrogen and oxygen atoms in total. The Morgan fingerprint density at radius 2 is 2.00 bits per heavy atom. The van der Waals surface area contributed by atoms with Gasteiger partial charge in [0.05, 0.1) is 20.7 Å². The topological polar surface area (TPSA) is 83.8 Å². The number of allylic oxidation sites excluding steroid dienone is 4. The molecule has 1 unspecified atom stereocenters. The minimum atomic E-state index is -1.00. The van der Waals surface area contributed by atoms with Crippen molar-refractivity contribution < 1.29 is 24.5 Å². The number of rotatable bonds is 5.